The Labute approximate surface area is 111 Å². The average Bonchev–Trinajstić information content (AvgIpc) is 3.12. The fourth-order valence-electron chi connectivity index (χ4n) is 1.85. The van der Waals surface area contributed by atoms with Crippen LogP contribution < -0.4 is 0 Å². The molecule has 0 spiro atoms. The van der Waals surface area contributed by atoms with Crippen molar-refractivity contribution in [3.63, 3.8) is 0 Å². The summed E-state index contributed by atoms with van der Waals surface area (Å²) in [5.74, 6) is -1.04. The maximum Gasteiger partial charge on any atom is 0.510 e. The standard InChI is InChI=1S/C14H17FO4/c1-2-17-13(16)19-14(10-18-14)9-3-4-11-5-7-12(15)8-6-11/h5-8H,2-4,9-10H2,1H3. The lowest BCUT2D eigenvalue weighted by Crippen LogP contribution is -2.22. The maximum atomic E-state index is 12.7. The zero-order valence-electron chi connectivity index (χ0n) is 10.9. The predicted octanol–water partition coefficient (Wildman–Crippen LogP) is 3.05. The van der Waals surface area contributed by atoms with Crippen LogP contribution in [0, 0.1) is 5.82 Å². The fourth-order valence-corrected chi connectivity index (χ4v) is 1.85. The predicted molar refractivity (Wildman–Crippen MR) is 66.1 cm³/mol. The van der Waals surface area contributed by atoms with Gasteiger partial charge in [-0.2, -0.15) is 0 Å². The molecule has 0 bridgehead atoms. The maximum absolute atomic E-state index is 12.7. The Kier molecular flexibility index (Phi) is 4.37. The molecule has 0 saturated carbocycles. The van der Waals surface area contributed by atoms with Crippen molar-refractivity contribution in [2.24, 2.45) is 0 Å². The van der Waals surface area contributed by atoms with Gasteiger partial charge in [-0.3, -0.25) is 0 Å². The quantitative estimate of drug-likeness (QED) is 0.587. The van der Waals surface area contributed by atoms with E-state index in [9.17, 15) is 9.18 Å². The lowest BCUT2D eigenvalue weighted by molar-refractivity contribution is -0.0378. The van der Waals surface area contributed by atoms with E-state index in [0.29, 0.717) is 13.0 Å². The van der Waals surface area contributed by atoms with E-state index >= 15 is 0 Å². The first-order valence-corrected chi connectivity index (χ1v) is 6.38. The summed E-state index contributed by atoms with van der Waals surface area (Å²) in [6.45, 7) is 2.41. The van der Waals surface area contributed by atoms with Crippen LogP contribution in [0.2, 0.25) is 0 Å². The molecule has 4 nitrogen and oxygen atoms in total. The normalized spacial score (nSPS) is 20.9. The van der Waals surface area contributed by atoms with E-state index in [0.717, 1.165) is 18.4 Å². The minimum Gasteiger partial charge on any atom is -0.435 e. The molecule has 1 aliphatic heterocycles. The molecule has 19 heavy (non-hydrogen) atoms. The summed E-state index contributed by atoms with van der Waals surface area (Å²) < 4.78 is 27.7. The van der Waals surface area contributed by atoms with E-state index in [2.05, 4.69) is 0 Å². The third kappa shape index (κ3) is 4.21. The minimum atomic E-state index is -0.799. The highest BCUT2D eigenvalue weighted by molar-refractivity contribution is 5.60. The molecule has 0 N–H and O–H groups in total. The molecule has 1 aromatic rings. The van der Waals surface area contributed by atoms with Crippen molar-refractivity contribution in [3.05, 3.63) is 35.6 Å². The molecule has 1 aromatic carbocycles. The number of hydrogen-bond donors (Lipinski definition) is 0. The van der Waals surface area contributed by atoms with Crippen molar-refractivity contribution in [2.45, 2.75) is 32.0 Å². The van der Waals surface area contributed by atoms with Gasteiger partial charge in [0.25, 0.3) is 0 Å². The van der Waals surface area contributed by atoms with Gasteiger partial charge in [-0.15, -0.1) is 0 Å². The molecule has 0 radical (unpaired) electrons. The fraction of sp³-hybridized carbons (Fsp3) is 0.500. The van der Waals surface area contributed by atoms with E-state index in [4.69, 9.17) is 14.2 Å². The monoisotopic (exact) mass is 268 g/mol. The second-order valence-electron chi connectivity index (χ2n) is 4.46. The number of halogens is 1. The molecule has 0 amide bonds. The van der Waals surface area contributed by atoms with Gasteiger partial charge in [-0.25, -0.2) is 9.18 Å². The number of epoxide rings is 1. The van der Waals surface area contributed by atoms with Gasteiger partial charge >= 0.3 is 6.16 Å². The van der Waals surface area contributed by atoms with Crippen molar-refractivity contribution in [1.82, 2.24) is 0 Å². The molecule has 1 fully saturated rings. The van der Waals surface area contributed by atoms with Crippen LogP contribution in [0.3, 0.4) is 0 Å². The first kappa shape index (κ1) is 13.8. The molecule has 5 heteroatoms. The van der Waals surface area contributed by atoms with Gasteiger partial charge in [0, 0.05) is 6.42 Å². The van der Waals surface area contributed by atoms with E-state index < -0.39 is 11.9 Å². The van der Waals surface area contributed by atoms with Crippen LogP contribution in [0.15, 0.2) is 24.3 Å². The summed E-state index contributed by atoms with van der Waals surface area (Å²) in [7, 11) is 0. The highest BCUT2D eigenvalue weighted by Crippen LogP contribution is 2.34. The molecule has 2 rings (SSSR count). The number of carbonyl (C=O) groups excluding carboxylic acids is 1. The zero-order valence-corrected chi connectivity index (χ0v) is 10.9. The van der Waals surface area contributed by atoms with E-state index in [1.807, 2.05) is 0 Å². The number of carbonyl (C=O) groups is 1. The lowest BCUT2D eigenvalue weighted by Gasteiger charge is -2.12. The number of rotatable bonds is 6. The first-order chi connectivity index (χ1) is 9.13. The van der Waals surface area contributed by atoms with Crippen LogP contribution in [0.1, 0.15) is 25.3 Å². The van der Waals surface area contributed by atoms with Gasteiger partial charge in [0.15, 0.2) is 0 Å². The number of aryl methyl sites for hydroxylation is 1. The van der Waals surface area contributed by atoms with Crippen LogP contribution in [-0.2, 0) is 20.6 Å². The van der Waals surface area contributed by atoms with Gasteiger partial charge in [0.1, 0.15) is 12.4 Å². The van der Waals surface area contributed by atoms with Crippen LogP contribution in [-0.4, -0.2) is 25.2 Å². The van der Waals surface area contributed by atoms with Crippen molar-refractivity contribution in [3.8, 4) is 0 Å². The number of benzene rings is 1. The topological polar surface area (TPSA) is 48.1 Å². The Morgan fingerprint density at radius 2 is 2.11 bits per heavy atom. The Bertz CT molecular complexity index is 426. The minimum absolute atomic E-state index is 0.239. The summed E-state index contributed by atoms with van der Waals surface area (Å²) in [5, 5.41) is 0. The molecule has 1 heterocycles. The largest absolute Gasteiger partial charge is 0.510 e. The first-order valence-electron chi connectivity index (χ1n) is 6.38. The van der Waals surface area contributed by atoms with Gasteiger partial charge in [-0.05, 0) is 37.5 Å². The van der Waals surface area contributed by atoms with E-state index in [-0.39, 0.29) is 12.4 Å². The average molecular weight is 268 g/mol. The summed E-state index contributed by atoms with van der Waals surface area (Å²) >= 11 is 0. The number of hydrogen-bond acceptors (Lipinski definition) is 4. The Morgan fingerprint density at radius 1 is 1.42 bits per heavy atom. The molecule has 1 unspecified atom stereocenters. The molecule has 1 aliphatic rings. The SMILES string of the molecule is CCOC(=O)OC1(CCCc2ccc(F)cc2)CO1. The molecule has 0 aromatic heterocycles. The summed E-state index contributed by atoms with van der Waals surface area (Å²) in [4.78, 5) is 11.2. The second-order valence-corrected chi connectivity index (χ2v) is 4.46. The number of ether oxygens (including phenoxy) is 3. The Hall–Kier alpha value is -1.62. The summed E-state index contributed by atoms with van der Waals surface area (Å²) in [5.41, 5.74) is 1.05. The molecule has 1 saturated heterocycles. The second kappa shape index (κ2) is 6.02. The molecule has 1 atom stereocenters. The highest BCUT2D eigenvalue weighted by atomic mass is 19.1. The highest BCUT2D eigenvalue weighted by Gasteiger charge is 2.49. The third-order valence-electron chi connectivity index (χ3n) is 2.93. The van der Waals surface area contributed by atoms with Gasteiger partial charge in [0.2, 0.25) is 5.79 Å². The van der Waals surface area contributed by atoms with Crippen LogP contribution in [0.5, 0.6) is 0 Å². The Balaban J connectivity index is 1.73. The van der Waals surface area contributed by atoms with E-state index in [1.54, 1.807) is 19.1 Å². The smallest absolute Gasteiger partial charge is 0.435 e. The zero-order chi connectivity index (χ0) is 13.7. The lowest BCUT2D eigenvalue weighted by atomic mass is 10.1. The van der Waals surface area contributed by atoms with Crippen LogP contribution in [0.25, 0.3) is 0 Å². The molecule has 0 aliphatic carbocycles. The van der Waals surface area contributed by atoms with Crippen molar-refractivity contribution in [2.75, 3.05) is 13.2 Å². The molecular formula is C14H17FO4. The summed E-state index contributed by atoms with van der Waals surface area (Å²) in [6.07, 6.45) is 1.51. The van der Waals surface area contributed by atoms with Crippen molar-refractivity contribution < 1.29 is 23.4 Å². The molecule has 104 valence electrons. The van der Waals surface area contributed by atoms with Gasteiger partial charge in [-0.1, -0.05) is 12.1 Å². The van der Waals surface area contributed by atoms with Gasteiger partial charge < -0.3 is 14.2 Å². The van der Waals surface area contributed by atoms with Crippen LogP contribution >= 0.6 is 0 Å². The third-order valence-corrected chi connectivity index (χ3v) is 2.93. The van der Waals surface area contributed by atoms with Gasteiger partial charge in [0.05, 0.1) is 6.61 Å². The van der Waals surface area contributed by atoms with Crippen molar-refractivity contribution in [1.29, 1.82) is 0 Å². The van der Waals surface area contributed by atoms with E-state index in [1.165, 1.54) is 12.1 Å². The molecular weight excluding hydrogens is 251 g/mol. The van der Waals surface area contributed by atoms with Crippen LogP contribution in [0.4, 0.5) is 9.18 Å². The van der Waals surface area contributed by atoms with Crippen molar-refractivity contribution >= 4 is 6.16 Å². The summed E-state index contributed by atoms with van der Waals surface area (Å²) in [6, 6.07) is 6.38. The Morgan fingerprint density at radius 3 is 2.68 bits per heavy atom.